The van der Waals surface area contributed by atoms with Gasteiger partial charge in [0.1, 0.15) is 5.75 Å². The van der Waals surface area contributed by atoms with Crippen molar-refractivity contribution < 1.29 is 9.53 Å². The largest absolute Gasteiger partial charge is 0.482 e. The summed E-state index contributed by atoms with van der Waals surface area (Å²) in [6.45, 7) is -0.202. The van der Waals surface area contributed by atoms with Gasteiger partial charge >= 0.3 is 0 Å². The predicted molar refractivity (Wildman–Crippen MR) is 89.7 cm³/mol. The Morgan fingerprint density at radius 3 is 2.57 bits per heavy atom. The highest BCUT2D eigenvalue weighted by Crippen LogP contribution is 2.28. The third-order valence-electron chi connectivity index (χ3n) is 2.46. The van der Waals surface area contributed by atoms with E-state index in [9.17, 15) is 4.79 Å². The molecule has 2 rings (SSSR count). The highest BCUT2D eigenvalue weighted by Gasteiger charge is 2.09. The summed E-state index contributed by atoms with van der Waals surface area (Å²) in [6, 6.07) is 9.93. The van der Waals surface area contributed by atoms with E-state index in [0.29, 0.717) is 26.5 Å². The summed E-state index contributed by atoms with van der Waals surface area (Å²) in [7, 11) is 0. The van der Waals surface area contributed by atoms with Crippen molar-refractivity contribution in [3.63, 3.8) is 0 Å². The number of anilines is 1. The maximum atomic E-state index is 11.8. The van der Waals surface area contributed by atoms with E-state index in [1.54, 1.807) is 36.4 Å². The molecule has 0 atom stereocenters. The van der Waals surface area contributed by atoms with Gasteiger partial charge in [0.15, 0.2) is 6.61 Å². The summed E-state index contributed by atoms with van der Waals surface area (Å²) in [6.07, 6.45) is 0. The number of rotatable bonds is 4. The summed E-state index contributed by atoms with van der Waals surface area (Å²) >= 11 is 21.1. The standard InChI is InChI=1S/C14H9BrCl3NO2/c15-8-1-4-12(11(18)5-8)19-14(20)7-21-13-6-9(16)2-3-10(13)17/h1-6H,7H2,(H,19,20). The van der Waals surface area contributed by atoms with Crippen LogP contribution in [-0.2, 0) is 4.79 Å². The number of benzene rings is 2. The summed E-state index contributed by atoms with van der Waals surface area (Å²) in [5.41, 5.74) is 0.505. The van der Waals surface area contributed by atoms with Crippen LogP contribution >= 0.6 is 50.7 Å². The summed E-state index contributed by atoms with van der Waals surface area (Å²) in [5, 5.41) is 3.94. The number of carbonyl (C=O) groups is 1. The second-order valence-electron chi connectivity index (χ2n) is 4.04. The van der Waals surface area contributed by atoms with Gasteiger partial charge in [-0.15, -0.1) is 0 Å². The Bertz CT molecular complexity index is 679. The SMILES string of the molecule is O=C(COc1cc(Cl)ccc1Cl)Nc1ccc(Br)cc1Cl. The first-order chi connectivity index (χ1) is 9.95. The molecule has 3 nitrogen and oxygen atoms in total. The summed E-state index contributed by atoms with van der Waals surface area (Å²) in [4.78, 5) is 11.8. The molecule has 7 heteroatoms. The number of hydrogen-bond donors (Lipinski definition) is 1. The van der Waals surface area contributed by atoms with E-state index in [0.717, 1.165) is 4.47 Å². The van der Waals surface area contributed by atoms with Crippen LogP contribution in [0.3, 0.4) is 0 Å². The minimum Gasteiger partial charge on any atom is -0.482 e. The second-order valence-corrected chi connectivity index (χ2v) is 6.20. The minimum atomic E-state index is -0.352. The van der Waals surface area contributed by atoms with Crippen molar-refractivity contribution in [2.75, 3.05) is 11.9 Å². The Labute approximate surface area is 145 Å². The highest BCUT2D eigenvalue weighted by atomic mass is 79.9. The first-order valence-electron chi connectivity index (χ1n) is 5.78. The fraction of sp³-hybridized carbons (Fsp3) is 0.0714. The average Bonchev–Trinajstić information content (AvgIpc) is 2.43. The molecule has 0 aliphatic carbocycles. The molecule has 1 amide bonds. The Kier molecular flexibility index (Phi) is 5.76. The van der Waals surface area contributed by atoms with Gasteiger partial charge in [-0.2, -0.15) is 0 Å². The van der Waals surface area contributed by atoms with Crippen LogP contribution in [0.25, 0.3) is 0 Å². The lowest BCUT2D eigenvalue weighted by atomic mass is 10.3. The molecule has 0 bridgehead atoms. The second kappa shape index (κ2) is 7.36. The molecule has 0 unspecified atom stereocenters. The third kappa shape index (κ3) is 4.78. The van der Waals surface area contributed by atoms with Crippen molar-refractivity contribution in [2.45, 2.75) is 0 Å². The van der Waals surface area contributed by atoms with E-state index in [-0.39, 0.29) is 12.5 Å². The van der Waals surface area contributed by atoms with Gasteiger partial charge in [0, 0.05) is 15.6 Å². The van der Waals surface area contributed by atoms with Crippen molar-refractivity contribution in [3.8, 4) is 5.75 Å². The van der Waals surface area contributed by atoms with Crippen LogP contribution in [0.2, 0.25) is 15.1 Å². The van der Waals surface area contributed by atoms with Gasteiger partial charge in [0.25, 0.3) is 5.91 Å². The zero-order chi connectivity index (χ0) is 15.4. The molecule has 2 aromatic rings. The van der Waals surface area contributed by atoms with Gasteiger partial charge in [-0.05, 0) is 30.3 Å². The van der Waals surface area contributed by atoms with Gasteiger partial charge in [-0.25, -0.2) is 0 Å². The Balaban J connectivity index is 1.97. The lowest BCUT2D eigenvalue weighted by Crippen LogP contribution is -2.20. The van der Waals surface area contributed by atoms with Crippen LogP contribution in [0.5, 0.6) is 5.75 Å². The van der Waals surface area contributed by atoms with Crippen LogP contribution in [0.4, 0.5) is 5.69 Å². The molecule has 0 saturated carbocycles. The van der Waals surface area contributed by atoms with E-state index in [4.69, 9.17) is 39.5 Å². The maximum Gasteiger partial charge on any atom is 0.262 e. The topological polar surface area (TPSA) is 38.3 Å². The average molecular weight is 409 g/mol. The first-order valence-corrected chi connectivity index (χ1v) is 7.71. The number of carbonyl (C=O) groups excluding carboxylic acids is 1. The van der Waals surface area contributed by atoms with E-state index in [1.807, 2.05) is 0 Å². The van der Waals surface area contributed by atoms with Gasteiger partial charge < -0.3 is 10.1 Å². The van der Waals surface area contributed by atoms with Crippen LogP contribution in [0.15, 0.2) is 40.9 Å². The molecule has 0 fully saturated rings. The molecule has 110 valence electrons. The number of amides is 1. The monoisotopic (exact) mass is 407 g/mol. The molecular formula is C14H9BrCl3NO2. The summed E-state index contributed by atoms with van der Waals surface area (Å²) < 4.78 is 6.16. The molecule has 0 saturated heterocycles. The fourth-order valence-corrected chi connectivity index (χ4v) is 2.56. The maximum absolute atomic E-state index is 11.8. The van der Waals surface area contributed by atoms with E-state index < -0.39 is 0 Å². The van der Waals surface area contributed by atoms with E-state index in [1.165, 1.54) is 0 Å². The molecular weight excluding hydrogens is 400 g/mol. The van der Waals surface area contributed by atoms with Crippen LogP contribution in [0.1, 0.15) is 0 Å². The smallest absolute Gasteiger partial charge is 0.262 e. The van der Waals surface area contributed by atoms with Gasteiger partial charge in [-0.3, -0.25) is 4.79 Å². The number of hydrogen-bond acceptors (Lipinski definition) is 2. The molecule has 2 aromatic carbocycles. The van der Waals surface area contributed by atoms with Crippen LogP contribution < -0.4 is 10.1 Å². The molecule has 0 aliphatic heterocycles. The lowest BCUT2D eigenvalue weighted by molar-refractivity contribution is -0.118. The van der Waals surface area contributed by atoms with E-state index >= 15 is 0 Å². The normalized spacial score (nSPS) is 10.3. The van der Waals surface area contributed by atoms with Crippen molar-refractivity contribution >= 4 is 62.3 Å². The van der Waals surface area contributed by atoms with Gasteiger partial charge in [0.2, 0.25) is 0 Å². The zero-order valence-corrected chi connectivity index (χ0v) is 14.4. The molecule has 0 spiro atoms. The zero-order valence-electron chi connectivity index (χ0n) is 10.5. The molecule has 1 N–H and O–H groups in total. The van der Waals surface area contributed by atoms with Crippen molar-refractivity contribution in [2.24, 2.45) is 0 Å². The van der Waals surface area contributed by atoms with Gasteiger partial charge in [-0.1, -0.05) is 50.7 Å². The van der Waals surface area contributed by atoms with Crippen molar-refractivity contribution in [1.82, 2.24) is 0 Å². The fourth-order valence-electron chi connectivity index (χ4n) is 1.51. The lowest BCUT2D eigenvalue weighted by Gasteiger charge is -2.10. The molecule has 21 heavy (non-hydrogen) atoms. The van der Waals surface area contributed by atoms with Gasteiger partial charge in [0.05, 0.1) is 15.7 Å². The van der Waals surface area contributed by atoms with E-state index in [2.05, 4.69) is 21.2 Å². The Morgan fingerprint density at radius 2 is 1.86 bits per heavy atom. The number of halogens is 4. The first kappa shape index (κ1) is 16.4. The van der Waals surface area contributed by atoms with Crippen LogP contribution in [0, 0.1) is 0 Å². The highest BCUT2D eigenvalue weighted by molar-refractivity contribution is 9.10. The van der Waals surface area contributed by atoms with Crippen molar-refractivity contribution in [3.05, 3.63) is 55.9 Å². The summed E-state index contributed by atoms with van der Waals surface area (Å²) in [5.74, 6) is -0.00326. The van der Waals surface area contributed by atoms with Crippen LogP contribution in [-0.4, -0.2) is 12.5 Å². The Morgan fingerprint density at radius 1 is 1.10 bits per heavy atom. The van der Waals surface area contributed by atoms with Crippen molar-refractivity contribution in [1.29, 1.82) is 0 Å². The molecule has 0 aromatic heterocycles. The quantitative estimate of drug-likeness (QED) is 0.732. The molecule has 0 radical (unpaired) electrons. The predicted octanol–water partition coefficient (Wildman–Crippen LogP) is 5.43. The molecule has 0 heterocycles. The third-order valence-corrected chi connectivity index (χ3v) is 3.81. The molecule has 0 aliphatic rings. The number of ether oxygens (including phenoxy) is 1. The number of nitrogens with one attached hydrogen (secondary N) is 1. The minimum absolute atomic E-state index is 0.202. The Hall–Kier alpha value is -0.940.